The molecule has 6 heteroatoms. The average molecular weight is 336 g/mol. The van der Waals surface area contributed by atoms with Gasteiger partial charge in [0, 0.05) is 23.5 Å². The van der Waals surface area contributed by atoms with E-state index < -0.39 is 0 Å². The lowest BCUT2D eigenvalue weighted by atomic mass is 10.1. The topological polar surface area (TPSA) is 75.0 Å². The monoisotopic (exact) mass is 336 g/mol. The molecule has 0 unspecified atom stereocenters. The maximum atomic E-state index is 12.4. The number of hydrogen-bond acceptors (Lipinski definition) is 5. The van der Waals surface area contributed by atoms with E-state index >= 15 is 0 Å². The summed E-state index contributed by atoms with van der Waals surface area (Å²) in [6, 6.07) is 10.0. The third-order valence-electron chi connectivity index (χ3n) is 5.25. The van der Waals surface area contributed by atoms with Crippen LogP contribution < -0.4 is 5.56 Å². The van der Waals surface area contributed by atoms with Gasteiger partial charge >= 0.3 is 0 Å². The molecule has 1 aromatic carbocycles. The molecule has 2 aliphatic rings. The van der Waals surface area contributed by atoms with Gasteiger partial charge in [0.2, 0.25) is 5.89 Å². The van der Waals surface area contributed by atoms with Crippen LogP contribution in [0.1, 0.15) is 54.9 Å². The van der Waals surface area contributed by atoms with Crippen molar-refractivity contribution in [3.8, 4) is 0 Å². The molecule has 3 aromatic rings. The molecular weight excluding hydrogens is 316 g/mol. The Morgan fingerprint density at radius 1 is 1.24 bits per heavy atom. The fourth-order valence-corrected chi connectivity index (χ4v) is 3.72. The van der Waals surface area contributed by atoms with Gasteiger partial charge in [0.25, 0.3) is 5.56 Å². The zero-order chi connectivity index (χ0) is 16.8. The molecule has 0 bridgehead atoms. The molecule has 1 N–H and O–H groups in total. The van der Waals surface area contributed by atoms with E-state index in [1.54, 1.807) is 0 Å². The predicted molar refractivity (Wildman–Crippen MR) is 93.2 cm³/mol. The van der Waals surface area contributed by atoms with Gasteiger partial charge in [0.15, 0.2) is 5.82 Å². The number of pyridine rings is 1. The van der Waals surface area contributed by atoms with Gasteiger partial charge in [-0.15, -0.1) is 0 Å². The summed E-state index contributed by atoms with van der Waals surface area (Å²) in [7, 11) is 0. The van der Waals surface area contributed by atoms with Crippen molar-refractivity contribution >= 4 is 10.9 Å². The average Bonchev–Trinajstić information content (AvgIpc) is 3.17. The van der Waals surface area contributed by atoms with Gasteiger partial charge in [0.05, 0.1) is 6.04 Å². The summed E-state index contributed by atoms with van der Waals surface area (Å²) in [5.74, 6) is 2.03. The Morgan fingerprint density at radius 3 is 3.00 bits per heavy atom. The van der Waals surface area contributed by atoms with Crippen LogP contribution in [0.3, 0.4) is 0 Å². The SMILES string of the molecule is O=c1[nH]c2ccccc2cc1CN1CCC[C@H]1c1noc(C2CC2)n1. The van der Waals surface area contributed by atoms with Gasteiger partial charge in [-0.1, -0.05) is 23.4 Å². The van der Waals surface area contributed by atoms with E-state index in [1.165, 1.54) is 0 Å². The molecule has 0 spiro atoms. The largest absolute Gasteiger partial charge is 0.339 e. The highest BCUT2D eigenvalue weighted by Gasteiger charge is 2.34. The second kappa shape index (κ2) is 5.81. The number of fused-ring (bicyclic) bond motifs is 1. The molecule has 3 heterocycles. The number of likely N-dealkylation sites (tertiary alicyclic amines) is 1. The first-order chi connectivity index (χ1) is 12.3. The zero-order valence-corrected chi connectivity index (χ0v) is 13.9. The van der Waals surface area contributed by atoms with Crippen LogP contribution in [0.4, 0.5) is 0 Å². The highest BCUT2D eigenvalue weighted by Crippen LogP contribution is 2.40. The summed E-state index contributed by atoms with van der Waals surface area (Å²) < 4.78 is 5.43. The van der Waals surface area contributed by atoms with Crippen molar-refractivity contribution in [2.24, 2.45) is 0 Å². The lowest BCUT2D eigenvalue weighted by Crippen LogP contribution is -2.27. The minimum Gasteiger partial charge on any atom is -0.339 e. The van der Waals surface area contributed by atoms with E-state index in [0.717, 1.165) is 60.4 Å². The molecule has 1 saturated heterocycles. The minimum absolute atomic E-state index is 0.0175. The first-order valence-electron chi connectivity index (χ1n) is 8.96. The Bertz CT molecular complexity index is 973. The summed E-state index contributed by atoms with van der Waals surface area (Å²) in [6.07, 6.45) is 4.41. The lowest BCUT2D eigenvalue weighted by Gasteiger charge is -2.21. The Labute approximate surface area is 144 Å². The van der Waals surface area contributed by atoms with E-state index in [1.807, 2.05) is 30.3 Å². The molecule has 1 aliphatic carbocycles. The Kier molecular flexibility index (Phi) is 3.45. The highest BCUT2D eigenvalue weighted by molar-refractivity contribution is 5.78. The molecule has 2 aromatic heterocycles. The van der Waals surface area contributed by atoms with E-state index in [0.29, 0.717) is 12.5 Å². The minimum atomic E-state index is -0.0175. The van der Waals surface area contributed by atoms with Crippen molar-refractivity contribution in [1.82, 2.24) is 20.0 Å². The standard InChI is InChI=1S/C19H20N4O2/c24-18-14(10-13-4-1-2-5-15(13)20-18)11-23-9-3-6-16(23)17-21-19(25-22-17)12-7-8-12/h1-2,4-5,10,12,16H,3,6-9,11H2,(H,20,24)/t16-/m0/s1. The Balaban J connectivity index is 1.42. The second-order valence-corrected chi connectivity index (χ2v) is 7.10. The fourth-order valence-electron chi connectivity index (χ4n) is 3.72. The molecule has 128 valence electrons. The summed E-state index contributed by atoms with van der Waals surface area (Å²) in [6.45, 7) is 1.56. The van der Waals surface area contributed by atoms with E-state index in [2.05, 4.69) is 20.0 Å². The molecule has 1 saturated carbocycles. The van der Waals surface area contributed by atoms with Crippen molar-refractivity contribution in [3.05, 3.63) is 58.0 Å². The van der Waals surface area contributed by atoms with Crippen LogP contribution in [0, 0.1) is 0 Å². The number of nitrogens with one attached hydrogen (secondary N) is 1. The van der Waals surface area contributed by atoms with Gasteiger partial charge < -0.3 is 9.51 Å². The maximum absolute atomic E-state index is 12.4. The lowest BCUT2D eigenvalue weighted by molar-refractivity contribution is 0.233. The Hall–Kier alpha value is -2.47. The van der Waals surface area contributed by atoms with E-state index in [-0.39, 0.29) is 11.6 Å². The fraction of sp³-hybridized carbons (Fsp3) is 0.421. The van der Waals surface area contributed by atoms with E-state index in [4.69, 9.17) is 4.52 Å². The normalized spacial score (nSPS) is 21.2. The number of hydrogen-bond donors (Lipinski definition) is 1. The number of rotatable bonds is 4. The number of aromatic amines is 1. The van der Waals surface area contributed by atoms with Crippen LogP contribution in [-0.4, -0.2) is 26.6 Å². The Morgan fingerprint density at radius 2 is 2.12 bits per heavy atom. The van der Waals surface area contributed by atoms with Crippen LogP contribution in [0.25, 0.3) is 10.9 Å². The molecule has 25 heavy (non-hydrogen) atoms. The van der Waals surface area contributed by atoms with Gasteiger partial charge in [-0.25, -0.2) is 0 Å². The molecule has 2 fully saturated rings. The number of benzene rings is 1. The van der Waals surface area contributed by atoms with Crippen molar-refractivity contribution in [3.63, 3.8) is 0 Å². The molecule has 5 rings (SSSR count). The maximum Gasteiger partial charge on any atom is 0.252 e. The van der Waals surface area contributed by atoms with Gasteiger partial charge in [0.1, 0.15) is 0 Å². The molecule has 1 aliphatic heterocycles. The smallest absolute Gasteiger partial charge is 0.252 e. The van der Waals surface area contributed by atoms with Crippen LogP contribution in [0.15, 0.2) is 39.6 Å². The molecular formula is C19H20N4O2. The van der Waals surface area contributed by atoms with Crippen molar-refractivity contribution in [2.45, 2.75) is 44.2 Å². The first-order valence-corrected chi connectivity index (χ1v) is 8.96. The highest BCUT2D eigenvalue weighted by atomic mass is 16.5. The molecule has 1 atom stereocenters. The number of nitrogens with zero attached hydrogens (tertiary/aromatic N) is 3. The molecule has 0 amide bonds. The predicted octanol–water partition coefficient (Wildman–Crippen LogP) is 3.13. The van der Waals surface area contributed by atoms with Gasteiger partial charge in [-0.2, -0.15) is 4.98 Å². The van der Waals surface area contributed by atoms with Crippen molar-refractivity contribution < 1.29 is 4.52 Å². The number of H-pyrrole nitrogens is 1. The van der Waals surface area contributed by atoms with Gasteiger partial charge in [-0.3, -0.25) is 9.69 Å². The quantitative estimate of drug-likeness (QED) is 0.792. The molecule has 0 radical (unpaired) electrons. The summed E-state index contributed by atoms with van der Waals surface area (Å²) in [4.78, 5) is 22.3. The number of aromatic nitrogens is 3. The zero-order valence-electron chi connectivity index (χ0n) is 13.9. The third kappa shape index (κ3) is 2.76. The molecule has 6 nitrogen and oxygen atoms in total. The van der Waals surface area contributed by atoms with Crippen LogP contribution in [0.2, 0.25) is 0 Å². The summed E-state index contributed by atoms with van der Waals surface area (Å²) in [5.41, 5.74) is 1.65. The van der Waals surface area contributed by atoms with Crippen molar-refractivity contribution in [2.75, 3.05) is 6.54 Å². The van der Waals surface area contributed by atoms with Crippen LogP contribution >= 0.6 is 0 Å². The third-order valence-corrected chi connectivity index (χ3v) is 5.25. The van der Waals surface area contributed by atoms with E-state index in [9.17, 15) is 4.79 Å². The first kappa shape index (κ1) is 14.8. The van der Waals surface area contributed by atoms with Crippen molar-refractivity contribution in [1.29, 1.82) is 0 Å². The second-order valence-electron chi connectivity index (χ2n) is 7.10. The van der Waals surface area contributed by atoms with Gasteiger partial charge in [-0.05, 0) is 49.7 Å². The number of para-hydroxylation sites is 1. The van der Waals surface area contributed by atoms with Crippen LogP contribution in [-0.2, 0) is 6.54 Å². The van der Waals surface area contributed by atoms with Crippen LogP contribution in [0.5, 0.6) is 0 Å². The summed E-state index contributed by atoms with van der Waals surface area (Å²) >= 11 is 0. The summed E-state index contributed by atoms with van der Waals surface area (Å²) in [5, 5.41) is 5.27.